The first kappa shape index (κ1) is 22.5. The molecule has 0 saturated heterocycles. The van der Waals surface area contributed by atoms with Crippen molar-refractivity contribution in [3.05, 3.63) is 24.3 Å². The van der Waals surface area contributed by atoms with Crippen molar-refractivity contribution in [1.29, 1.82) is 0 Å². The Morgan fingerprint density at radius 3 is 1.35 bits per heavy atom. The van der Waals surface area contributed by atoms with Gasteiger partial charge in [0.15, 0.2) is 0 Å². The molecule has 0 aromatic heterocycles. The first-order valence-corrected chi connectivity index (χ1v) is 5.02. The summed E-state index contributed by atoms with van der Waals surface area (Å²) in [5.74, 6) is -2.38. The summed E-state index contributed by atoms with van der Waals surface area (Å²) in [7, 11) is -4.69. The Bertz CT molecular complexity index is 401. The maximum Gasteiger partial charge on any atom is 1.00 e. The average Bonchev–Trinajstić information content (AvgIpc) is 2.01. The van der Waals surface area contributed by atoms with E-state index >= 15 is 0 Å². The molecule has 0 unspecified atom stereocenters. The van der Waals surface area contributed by atoms with Gasteiger partial charge in [0.2, 0.25) is 0 Å². The van der Waals surface area contributed by atoms with Crippen LogP contribution in [-0.4, -0.2) is 20.4 Å². The molecule has 0 radical (unpaired) electrons. The van der Waals surface area contributed by atoms with Gasteiger partial charge in [0.1, 0.15) is 0 Å². The van der Waals surface area contributed by atoms with E-state index in [1.807, 2.05) is 0 Å². The van der Waals surface area contributed by atoms with Crippen LogP contribution in [0.5, 0.6) is 0 Å². The molecule has 0 saturated carbocycles. The van der Waals surface area contributed by atoms with E-state index in [0.29, 0.717) is 0 Å². The topological polar surface area (TPSA) is 86.7 Å². The minimum Gasteiger partial charge on any atom is -1.00 e. The summed E-state index contributed by atoms with van der Waals surface area (Å²) in [6.07, 6.45) is 0. The SMILES string of the molecule is C=C(C)C(=O)OS(=O)(=O)OC(=O)C(=C)C.[H-].[H-].[Na+].[Na+]. The Hall–Kier alpha value is 0.370. The van der Waals surface area contributed by atoms with Gasteiger partial charge in [-0.2, -0.15) is 0 Å². The van der Waals surface area contributed by atoms with Crippen molar-refractivity contribution in [2.45, 2.75) is 13.8 Å². The Morgan fingerprint density at radius 2 is 1.18 bits per heavy atom. The molecule has 0 bridgehead atoms. The number of carbonyl (C=O) groups excluding carboxylic acids is 2. The fraction of sp³-hybridized carbons (Fsp3) is 0.250. The standard InChI is InChI=1S/C8H10O6S.2Na.2H/c1-5(2)7(9)13-15(11,12)14-8(10)6(3)4;;;;/h1,3H2,2,4H3;;;;/q;2*+1;2*-1. The largest absolute Gasteiger partial charge is 1.00 e. The van der Waals surface area contributed by atoms with Gasteiger partial charge in [-0.25, -0.2) is 9.59 Å². The van der Waals surface area contributed by atoms with Gasteiger partial charge >= 0.3 is 81.5 Å². The van der Waals surface area contributed by atoms with Crippen molar-refractivity contribution >= 4 is 22.3 Å². The predicted molar refractivity (Wildman–Crippen MR) is 53.0 cm³/mol. The molecule has 0 rings (SSSR count). The number of carbonyl (C=O) groups is 2. The molecular weight excluding hydrogens is 270 g/mol. The van der Waals surface area contributed by atoms with Gasteiger partial charge in [-0.15, -0.1) is 8.42 Å². The third-order valence-corrected chi connectivity index (χ3v) is 1.76. The van der Waals surface area contributed by atoms with Crippen molar-refractivity contribution in [3.8, 4) is 0 Å². The third-order valence-electron chi connectivity index (χ3n) is 1.05. The number of hydrogen-bond donors (Lipinski definition) is 0. The fourth-order valence-corrected chi connectivity index (χ4v) is 1.03. The zero-order chi connectivity index (χ0) is 12.2. The van der Waals surface area contributed by atoms with E-state index < -0.39 is 22.3 Å². The van der Waals surface area contributed by atoms with Gasteiger partial charge in [-0.3, -0.25) is 0 Å². The van der Waals surface area contributed by atoms with Crippen LogP contribution in [0.1, 0.15) is 16.7 Å². The summed E-state index contributed by atoms with van der Waals surface area (Å²) >= 11 is 0. The van der Waals surface area contributed by atoms with Crippen molar-refractivity contribution in [2.24, 2.45) is 0 Å². The van der Waals surface area contributed by atoms with E-state index in [0.717, 1.165) is 0 Å². The molecule has 0 heterocycles. The molecule has 0 aliphatic rings. The molecule has 0 aromatic carbocycles. The Balaban J connectivity index is -0.000000163. The summed E-state index contributed by atoms with van der Waals surface area (Å²) in [4.78, 5) is 21.6. The van der Waals surface area contributed by atoms with Crippen LogP contribution < -0.4 is 59.1 Å². The van der Waals surface area contributed by atoms with Gasteiger partial charge in [-0.1, -0.05) is 13.2 Å². The number of hydrogen-bond acceptors (Lipinski definition) is 6. The van der Waals surface area contributed by atoms with Crippen LogP contribution in [0, 0.1) is 0 Å². The van der Waals surface area contributed by atoms with Crippen LogP contribution in [-0.2, 0) is 28.4 Å². The quantitative estimate of drug-likeness (QED) is 0.378. The number of rotatable bonds is 4. The molecule has 0 amide bonds. The Labute approximate surface area is 147 Å². The molecule has 0 N–H and O–H groups in total. The monoisotopic (exact) mass is 282 g/mol. The molecule has 0 atom stereocenters. The fourth-order valence-electron chi connectivity index (χ4n) is 0.345. The second-order valence-electron chi connectivity index (χ2n) is 2.71. The second-order valence-corrected chi connectivity index (χ2v) is 3.86. The molecule has 0 aliphatic heterocycles. The van der Waals surface area contributed by atoms with Gasteiger partial charge in [0.25, 0.3) is 0 Å². The molecule has 9 heteroatoms. The van der Waals surface area contributed by atoms with Crippen molar-refractivity contribution in [2.75, 3.05) is 0 Å². The van der Waals surface area contributed by atoms with Crippen LogP contribution >= 0.6 is 0 Å². The van der Waals surface area contributed by atoms with Crippen LogP contribution in [0.4, 0.5) is 0 Å². The van der Waals surface area contributed by atoms with Crippen LogP contribution in [0.15, 0.2) is 24.3 Å². The van der Waals surface area contributed by atoms with E-state index in [2.05, 4.69) is 21.5 Å². The molecule has 0 spiro atoms. The van der Waals surface area contributed by atoms with Crippen molar-refractivity contribution in [3.63, 3.8) is 0 Å². The van der Waals surface area contributed by atoms with E-state index in [1.165, 1.54) is 13.8 Å². The summed E-state index contributed by atoms with van der Waals surface area (Å²) in [5, 5.41) is 0. The summed E-state index contributed by atoms with van der Waals surface area (Å²) < 4.78 is 29.5. The van der Waals surface area contributed by atoms with E-state index in [9.17, 15) is 18.0 Å². The first-order chi connectivity index (χ1) is 6.65. The van der Waals surface area contributed by atoms with Crippen molar-refractivity contribution in [1.82, 2.24) is 0 Å². The minimum absolute atomic E-state index is 0. The molecule has 0 aliphatic carbocycles. The van der Waals surface area contributed by atoms with Crippen LogP contribution in [0.2, 0.25) is 0 Å². The Kier molecular flexibility index (Phi) is 12.4. The molecular formula is C8H12Na2O6S. The smallest absolute Gasteiger partial charge is 1.00 e. The summed E-state index contributed by atoms with van der Waals surface area (Å²) in [6.45, 7) is 8.81. The average molecular weight is 282 g/mol. The zero-order valence-corrected chi connectivity index (χ0v) is 15.1. The van der Waals surface area contributed by atoms with Crippen molar-refractivity contribution < 1.29 is 88.3 Å². The zero-order valence-electron chi connectivity index (χ0n) is 12.3. The predicted octanol–water partition coefficient (Wildman–Crippen LogP) is -5.30. The molecule has 0 fully saturated rings. The molecule has 88 valence electrons. The molecule has 17 heavy (non-hydrogen) atoms. The maximum absolute atomic E-state index is 10.9. The second kappa shape index (κ2) is 9.32. The van der Waals surface area contributed by atoms with E-state index in [4.69, 9.17) is 0 Å². The van der Waals surface area contributed by atoms with Gasteiger partial charge in [0, 0.05) is 11.1 Å². The molecule has 6 nitrogen and oxygen atoms in total. The summed E-state index contributed by atoms with van der Waals surface area (Å²) in [5.41, 5.74) is -0.269. The van der Waals surface area contributed by atoms with E-state index in [1.54, 1.807) is 0 Å². The Morgan fingerprint density at radius 1 is 0.941 bits per heavy atom. The van der Waals surface area contributed by atoms with Crippen LogP contribution in [0.3, 0.4) is 0 Å². The third kappa shape index (κ3) is 10.0. The normalized spacial score (nSPS) is 9.06. The van der Waals surface area contributed by atoms with Gasteiger partial charge in [0.05, 0.1) is 0 Å². The summed E-state index contributed by atoms with van der Waals surface area (Å²) in [6, 6.07) is 0. The van der Waals surface area contributed by atoms with Gasteiger partial charge in [-0.05, 0) is 13.8 Å². The molecule has 0 aromatic rings. The first-order valence-electron chi connectivity index (χ1n) is 3.69. The van der Waals surface area contributed by atoms with Gasteiger partial charge < -0.3 is 11.2 Å². The van der Waals surface area contributed by atoms with E-state index in [-0.39, 0.29) is 73.1 Å². The maximum atomic E-state index is 10.9. The minimum atomic E-state index is -4.69. The van der Waals surface area contributed by atoms with Crippen LogP contribution in [0.25, 0.3) is 0 Å².